The number of aliphatic imine (C=N–C) groups is 2. The number of hydrogen-bond donors (Lipinski definition) is 2. The van der Waals surface area contributed by atoms with Gasteiger partial charge < -0.3 is 24.7 Å². The molecule has 1 fully saturated rings. The zero-order chi connectivity index (χ0) is 26.6. The minimum atomic E-state index is -0.745. The summed E-state index contributed by atoms with van der Waals surface area (Å²) in [5.41, 5.74) is 6.82. The van der Waals surface area contributed by atoms with Crippen molar-refractivity contribution in [2.45, 2.75) is 32.5 Å². The molecule has 1 amide bonds. The number of nitrogen functional groups attached to an aromatic ring is 1. The van der Waals surface area contributed by atoms with Crippen LogP contribution in [0, 0.1) is 0 Å². The zero-order valence-electron chi connectivity index (χ0n) is 21.7. The lowest BCUT2D eigenvalue weighted by atomic mass is 10.1. The summed E-state index contributed by atoms with van der Waals surface area (Å²) in [5, 5.41) is 2.70. The lowest BCUT2D eigenvalue weighted by molar-refractivity contribution is -0.0686. The highest BCUT2D eigenvalue weighted by atomic mass is 16.6. The van der Waals surface area contributed by atoms with E-state index in [0.717, 1.165) is 31.6 Å². The molecule has 0 bridgehead atoms. The normalized spacial score (nSPS) is 20.7. The van der Waals surface area contributed by atoms with Gasteiger partial charge in [-0.25, -0.2) is 19.8 Å². The van der Waals surface area contributed by atoms with Crippen LogP contribution in [0.25, 0.3) is 0 Å². The quantitative estimate of drug-likeness (QED) is 0.514. The Morgan fingerprint density at radius 3 is 2.71 bits per heavy atom. The molecule has 13 nitrogen and oxygen atoms in total. The number of rotatable bonds is 7. The van der Waals surface area contributed by atoms with Crippen molar-refractivity contribution in [1.82, 2.24) is 25.1 Å². The number of nitrogens with two attached hydrogens (primary N) is 1. The predicted molar refractivity (Wildman–Crippen MR) is 140 cm³/mol. The van der Waals surface area contributed by atoms with E-state index in [4.69, 9.17) is 29.7 Å². The Bertz CT molecular complexity index is 1230. The largest absolute Gasteiger partial charge is 0.491 e. The average molecular weight is 525 g/mol. The number of morpholine rings is 1. The molecular formula is C25H32N8O5. The highest BCUT2D eigenvalue weighted by Crippen LogP contribution is 2.43. The Balaban J connectivity index is 1.29. The third-order valence-electron chi connectivity index (χ3n) is 6.30. The fourth-order valence-corrected chi connectivity index (χ4v) is 4.84. The summed E-state index contributed by atoms with van der Waals surface area (Å²) >= 11 is 0. The lowest BCUT2D eigenvalue weighted by Crippen LogP contribution is -2.48. The van der Waals surface area contributed by atoms with Crippen molar-refractivity contribution in [3.8, 4) is 17.2 Å². The van der Waals surface area contributed by atoms with Gasteiger partial charge in [-0.05, 0) is 32.4 Å². The van der Waals surface area contributed by atoms with E-state index in [-0.39, 0.29) is 29.9 Å². The first kappa shape index (κ1) is 25.7. The SMILES string of the molecule is COc1c(OCCCN2C[C@@H](C)O[C@@H](C)C2)ccc2c1N=C(NC(=O)Oc1cnc(N)nc1)N1CCN=C21. The standard InChI is InChI=1S/C25H32N8O5/c1-15-13-32(14-16(2)37-15)8-4-10-36-19-6-5-18-20(21(19)35-3)30-24(33-9-7-27-22(18)33)31-25(34)38-17-11-28-23(26)29-12-17/h5-6,11-12,15-16H,4,7-10,13-14H2,1-3H3,(H2,26,28,29)(H,30,31,34)/t15-,16+. The molecule has 4 heterocycles. The number of anilines is 1. The first-order valence-electron chi connectivity index (χ1n) is 12.6. The van der Waals surface area contributed by atoms with Gasteiger partial charge in [0.25, 0.3) is 0 Å². The summed E-state index contributed by atoms with van der Waals surface area (Å²) < 4.78 is 22.9. The van der Waals surface area contributed by atoms with Crippen molar-refractivity contribution in [1.29, 1.82) is 0 Å². The zero-order valence-corrected chi connectivity index (χ0v) is 21.7. The molecule has 1 aromatic heterocycles. The van der Waals surface area contributed by atoms with Crippen LogP contribution in [0.15, 0.2) is 34.5 Å². The third kappa shape index (κ3) is 5.63. The number of amides is 1. The van der Waals surface area contributed by atoms with Crippen molar-refractivity contribution >= 4 is 29.5 Å². The molecule has 2 aromatic rings. The van der Waals surface area contributed by atoms with Crippen molar-refractivity contribution in [2.24, 2.45) is 9.98 Å². The Kier molecular flexibility index (Phi) is 7.56. The second kappa shape index (κ2) is 11.2. The monoisotopic (exact) mass is 524 g/mol. The van der Waals surface area contributed by atoms with Gasteiger partial charge in [0.05, 0.1) is 44.9 Å². The molecule has 38 heavy (non-hydrogen) atoms. The molecule has 0 spiro atoms. The molecule has 2 atom stereocenters. The summed E-state index contributed by atoms with van der Waals surface area (Å²) in [4.78, 5) is 33.8. The number of methoxy groups -OCH3 is 1. The van der Waals surface area contributed by atoms with E-state index in [1.165, 1.54) is 12.4 Å². The fourth-order valence-electron chi connectivity index (χ4n) is 4.84. The van der Waals surface area contributed by atoms with Crippen molar-refractivity contribution in [3.05, 3.63) is 30.1 Å². The maximum Gasteiger partial charge on any atom is 0.419 e. The number of nitrogens with one attached hydrogen (secondary N) is 1. The van der Waals surface area contributed by atoms with Gasteiger partial charge in [0.1, 0.15) is 11.5 Å². The Hall–Kier alpha value is -3.97. The number of carbonyl (C=O) groups is 1. The van der Waals surface area contributed by atoms with Gasteiger partial charge in [-0.15, -0.1) is 0 Å². The number of ether oxygens (including phenoxy) is 4. The van der Waals surface area contributed by atoms with Crippen molar-refractivity contribution in [2.75, 3.05) is 52.2 Å². The van der Waals surface area contributed by atoms with Crippen LogP contribution in [0.2, 0.25) is 0 Å². The molecule has 5 rings (SSSR count). The highest BCUT2D eigenvalue weighted by Gasteiger charge is 2.33. The number of amidine groups is 1. The Morgan fingerprint density at radius 1 is 1.21 bits per heavy atom. The first-order chi connectivity index (χ1) is 18.4. The van der Waals surface area contributed by atoms with Crippen LogP contribution in [0.4, 0.5) is 16.4 Å². The van der Waals surface area contributed by atoms with Crippen LogP contribution in [-0.4, -0.2) is 96.3 Å². The number of nitrogens with zero attached hydrogens (tertiary/aromatic N) is 6. The van der Waals surface area contributed by atoms with E-state index < -0.39 is 6.09 Å². The van der Waals surface area contributed by atoms with Gasteiger partial charge in [0.15, 0.2) is 17.2 Å². The van der Waals surface area contributed by atoms with Crippen LogP contribution >= 0.6 is 0 Å². The molecule has 0 saturated carbocycles. The third-order valence-corrected chi connectivity index (χ3v) is 6.30. The number of guanidine groups is 1. The van der Waals surface area contributed by atoms with E-state index in [2.05, 4.69) is 39.0 Å². The topological polar surface area (TPSA) is 149 Å². The minimum absolute atomic E-state index is 0.0827. The lowest BCUT2D eigenvalue weighted by Gasteiger charge is -2.35. The van der Waals surface area contributed by atoms with E-state index in [1.54, 1.807) is 7.11 Å². The van der Waals surface area contributed by atoms with Crippen LogP contribution in [-0.2, 0) is 4.74 Å². The molecule has 1 aromatic carbocycles. The summed E-state index contributed by atoms with van der Waals surface area (Å²) in [6.45, 7) is 8.61. The van der Waals surface area contributed by atoms with Crippen LogP contribution in [0.5, 0.6) is 17.2 Å². The smallest absolute Gasteiger partial charge is 0.419 e. The van der Waals surface area contributed by atoms with E-state index in [0.29, 0.717) is 42.7 Å². The first-order valence-corrected chi connectivity index (χ1v) is 12.6. The Morgan fingerprint density at radius 2 is 1.97 bits per heavy atom. The second-order valence-corrected chi connectivity index (χ2v) is 9.30. The van der Waals surface area contributed by atoms with Gasteiger partial charge in [0.2, 0.25) is 11.9 Å². The molecule has 3 N–H and O–H groups in total. The summed E-state index contributed by atoms with van der Waals surface area (Å²) in [5.74, 6) is 2.26. The molecule has 13 heteroatoms. The molecular weight excluding hydrogens is 492 g/mol. The Labute approximate surface area is 220 Å². The number of carbonyl (C=O) groups excluding carboxylic acids is 1. The van der Waals surface area contributed by atoms with Crippen molar-refractivity contribution < 1.29 is 23.7 Å². The molecule has 0 aliphatic carbocycles. The molecule has 3 aliphatic heterocycles. The van der Waals surface area contributed by atoms with Crippen LogP contribution < -0.4 is 25.3 Å². The van der Waals surface area contributed by atoms with Gasteiger partial charge in [-0.2, -0.15) is 0 Å². The summed E-state index contributed by atoms with van der Waals surface area (Å²) in [7, 11) is 1.57. The number of fused-ring (bicyclic) bond motifs is 3. The van der Waals surface area contributed by atoms with Gasteiger partial charge in [-0.3, -0.25) is 20.1 Å². The van der Waals surface area contributed by atoms with Gasteiger partial charge in [0, 0.05) is 31.7 Å². The number of aromatic nitrogens is 2. The van der Waals surface area contributed by atoms with Gasteiger partial charge in [-0.1, -0.05) is 0 Å². The van der Waals surface area contributed by atoms with E-state index in [9.17, 15) is 4.79 Å². The summed E-state index contributed by atoms with van der Waals surface area (Å²) in [6.07, 6.45) is 3.21. The fraction of sp³-hybridized carbons (Fsp3) is 0.480. The second-order valence-electron chi connectivity index (χ2n) is 9.30. The number of hydrogen-bond acceptors (Lipinski definition) is 12. The van der Waals surface area contributed by atoms with Gasteiger partial charge >= 0.3 is 6.09 Å². The molecule has 1 saturated heterocycles. The van der Waals surface area contributed by atoms with Crippen molar-refractivity contribution in [3.63, 3.8) is 0 Å². The molecule has 0 unspecified atom stereocenters. The average Bonchev–Trinajstić information content (AvgIpc) is 3.38. The van der Waals surface area contributed by atoms with Crippen LogP contribution in [0.3, 0.4) is 0 Å². The van der Waals surface area contributed by atoms with E-state index in [1.807, 2.05) is 17.0 Å². The maximum atomic E-state index is 12.6. The van der Waals surface area contributed by atoms with Crippen LogP contribution in [0.1, 0.15) is 25.8 Å². The maximum absolute atomic E-state index is 12.6. The van der Waals surface area contributed by atoms with E-state index >= 15 is 0 Å². The number of benzene rings is 1. The molecule has 0 radical (unpaired) electrons. The molecule has 202 valence electrons. The predicted octanol–water partition coefficient (Wildman–Crippen LogP) is 1.80. The molecule has 3 aliphatic rings. The minimum Gasteiger partial charge on any atom is -0.491 e. The highest BCUT2D eigenvalue weighted by molar-refractivity contribution is 6.18. The summed E-state index contributed by atoms with van der Waals surface area (Å²) in [6, 6.07) is 3.79.